The van der Waals surface area contributed by atoms with Crippen LogP contribution < -0.4 is 9.64 Å². The highest BCUT2D eigenvalue weighted by atomic mass is 16.5. The summed E-state index contributed by atoms with van der Waals surface area (Å²) in [5.74, 6) is 2.75. The predicted octanol–water partition coefficient (Wildman–Crippen LogP) is 2.92. The van der Waals surface area contributed by atoms with Crippen LogP contribution in [0.1, 0.15) is 42.9 Å². The van der Waals surface area contributed by atoms with Gasteiger partial charge in [-0.15, -0.1) is 0 Å². The number of anilines is 1. The fourth-order valence-corrected chi connectivity index (χ4v) is 3.23. The van der Waals surface area contributed by atoms with E-state index in [4.69, 9.17) is 10.00 Å². The van der Waals surface area contributed by atoms with E-state index in [-0.39, 0.29) is 0 Å². The van der Waals surface area contributed by atoms with E-state index < -0.39 is 0 Å². The third-order valence-corrected chi connectivity index (χ3v) is 4.94. The minimum absolute atomic E-state index is 0.508. The standard InChI is InChI=1S/C19H21N5O/c20-11-15-3-6-21-19(9-15)25-12-14-4-7-24(8-5-14)18-10-17(16-1-2-16)22-13-23-18/h3,6,9-10,13-14,16H,1-2,4-5,7-8,12H2. The lowest BCUT2D eigenvalue weighted by molar-refractivity contribution is 0.216. The molecule has 0 spiro atoms. The fourth-order valence-electron chi connectivity index (χ4n) is 3.23. The molecule has 0 unspecified atom stereocenters. The third kappa shape index (κ3) is 3.87. The lowest BCUT2D eigenvalue weighted by Crippen LogP contribution is -2.36. The molecule has 2 aromatic rings. The first-order valence-corrected chi connectivity index (χ1v) is 8.87. The van der Waals surface area contributed by atoms with E-state index in [2.05, 4.69) is 32.0 Å². The summed E-state index contributed by atoms with van der Waals surface area (Å²) in [5.41, 5.74) is 1.77. The van der Waals surface area contributed by atoms with Crippen molar-refractivity contribution in [3.8, 4) is 11.9 Å². The van der Waals surface area contributed by atoms with Crippen LogP contribution in [-0.4, -0.2) is 34.6 Å². The summed E-state index contributed by atoms with van der Waals surface area (Å²) in [6, 6.07) is 7.64. The molecule has 0 atom stereocenters. The molecule has 1 aliphatic heterocycles. The van der Waals surface area contributed by atoms with Gasteiger partial charge in [-0.2, -0.15) is 5.26 Å². The molecule has 128 valence electrons. The van der Waals surface area contributed by atoms with Gasteiger partial charge in [-0.25, -0.2) is 15.0 Å². The van der Waals surface area contributed by atoms with Crippen molar-refractivity contribution in [3.63, 3.8) is 0 Å². The molecule has 6 heteroatoms. The maximum atomic E-state index is 8.92. The van der Waals surface area contributed by atoms with Crippen molar-refractivity contribution >= 4 is 5.82 Å². The number of aromatic nitrogens is 3. The quantitative estimate of drug-likeness (QED) is 0.836. The summed E-state index contributed by atoms with van der Waals surface area (Å²) in [6.45, 7) is 2.62. The molecule has 0 N–H and O–H groups in total. The molecule has 1 aliphatic carbocycles. The molecule has 2 aliphatic rings. The van der Waals surface area contributed by atoms with Crippen molar-refractivity contribution in [2.75, 3.05) is 24.6 Å². The SMILES string of the molecule is N#Cc1ccnc(OCC2CCN(c3cc(C4CC4)ncn3)CC2)c1. The van der Waals surface area contributed by atoms with Gasteiger partial charge in [0.15, 0.2) is 0 Å². The number of ether oxygens (including phenoxy) is 1. The van der Waals surface area contributed by atoms with E-state index >= 15 is 0 Å². The van der Waals surface area contributed by atoms with E-state index in [0.717, 1.165) is 31.7 Å². The molecule has 2 fully saturated rings. The van der Waals surface area contributed by atoms with Gasteiger partial charge >= 0.3 is 0 Å². The van der Waals surface area contributed by atoms with Gasteiger partial charge in [0.2, 0.25) is 5.88 Å². The highest BCUT2D eigenvalue weighted by Gasteiger charge is 2.27. The Labute approximate surface area is 147 Å². The molecule has 4 rings (SSSR count). The Balaban J connectivity index is 1.29. The molecular formula is C19H21N5O. The van der Waals surface area contributed by atoms with Crippen LogP contribution >= 0.6 is 0 Å². The number of nitrogens with zero attached hydrogens (tertiary/aromatic N) is 5. The van der Waals surface area contributed by atoms with E-state index in [9.17, 15) is 0 Å². The number of hydrogen-bond acceptors (Lipinski definition) is 6. The maximum Gasteiger partial charge on any atom is 0.214 e. The molecule has 6 nitrogen and oxygen atoms in total. The number of rotatable bonds is 5. The van der Waals surface area contributed by atoms with Crippen LogP contribution in [0.15, 0.2) is 30.7 Å². The first-order valence-electron chi connectivity index (χ1n) is 8.87. The van der Waals surface area contributed by atoms with Crippen LogP contribution in [0.4, 0.5) is 5.82 Å². The van der Waals surface area contributed by atoms with E-state index in [1.807, 2.05) is 0 Å². The molecular weight excluding hydrogens is 314 g/mol. The summed E-state index contributed by atoms with van der Waals surface area (Å²) in [6.07, 6.45) is 7.98. The number of nitriles is 1. The minimum Gasteiger partial charge on any atom is -0.477 e. The molecule has 1 saturated heterocycles. The van der Waals surface area contributed by atoms with Gasteiger partial charge < -0.3 is 9.64 Å². The third-order valence-electron chi connectivity index (χ3n) is 4.94. The first-order chi connectivity index (χ1) is 12.3. The molecule has 1 saturated carbocycles. The Hall–Kier alpha value is -2.68. The Morgan fingerprint density at radius 3 is 2.72 bits per heavy atom. The van der Waals surface area contributed by atoms with E-state index in [0.29, 0.717) is 29.9 Å². The predicted molar refractivity (Wildman–Crippen MR) is 93.4 cm³/mol. The lowest BCUT2D eigenvalue weighted by Gasteiger charge is -2.32. The van der Waals surface area contributed by atoms with Crippen molar-refractivity contribution in [1.29, 1.82) is 5.26 Å². The van der Waals surface area contributed by atoms with E-state index in [1.54, 1.807) is 24.7 Å². The fraction of sp³-hybridized carbons (Fsp3) is 0.474. The van der Waals surface area contributed by atoms with Gasteiger partial charge in [0.1, 0.15) is 12.1 Å². The Morgan fingerprint density at radius 1 is 1.12 bits per heavy atom. The zero-order valence-corrected chi connectivity index (χ0v) is 14.1. The van der Waals surface area contributed by atoms with Crippen molar-refractivity contribution in [3.05, 3.63) is 42.0 Å². The molecule has 3 heterocycles. The average molecular weight is 335 g/mol. The smallest absolute Gasteiger partial charge is 0.214 e. The first kappa shape index (κ1) is 15.8. The molecule has 0 aromatic carbocycles. The Morgan fingerprint density at radius 2 is 1.96 bits per heavy atom. The van der Waals surface area contributed by atoms with Gasteiger partial charge in [0.05, 0.1) is 18.2 Å². The zero-order valence-electron chi connectivity index (χ0n) is 14.1. The molecule has 2 aromatic heterocycles. The highest BCUT2D eigenvalue weighted by molar-refractivity contribution is 5.40. The van der Waals surface area contributed by atoms with Crippen LogP contribution in [0.3, 0.4) is 0 Å². The van der Waals surface area contributed by atoms with Crippen molar-refractivity contribution in [1.82, 2.24) is 15.0 Å². The topological polar surface area (TPSA) is 74.9 Å². The number of piperidine rings is 1. The number of hydrogen-bond donors (Lipinski definition) is 0. The van der Waals surface area contributed by atoms with Crippen molar-refractivity contribution < 1.29 is 4.74 Å². The van der Waals surface area contributed by atoms with Gasteiger partial charge in [-0.05, 0) is 37.7 Å². The highest BCUT2D eigenvalue weighted by Crippen LogP contribution is 2.39. The molecule has 0 radical (unpaired) electrons. The number of pyridine rings is 1. The normalized spacial score (nSPS) is 18.0. The molecule has 0 bridgehead atoms. The summed E-state index contributed by atoms with van der Waals surface area (Å²) in [4.78, 5) is 15.4. The molecule has 25 heavy (non-hydrogen) atoms. The maximum absolute atomic E-state index is 8.92. The second kappa shape index (κ2) is 7.06. The lowest BCUT2D eigenvalue weighted by atomic mass is 9.98. The molecule has 0 amide bonds. The van der Waals surface area contributed by atoms with Crippen LogP contribution in [-0.2, 0) is 0 Å². The Kier molecular flexibility index (Phi) is 4.47. The average Bonchev–Trinajstić information content (AvgIpc) is 3.52. The van der Waals surface area contributed by atoms with Crippen LogP contribution in [0.2, 0.25) is 0 Å². The van der Waals surface area contributed by atoms with Gasteiger partial charge in [-0.3, -0.25) is 0 Å². The van der Waals surface area contributed by atoms with Crippen molar-refractivity contribution in [2.45, 2.75) is 31.6 Å². The van der Waals surface area contributed by atoms with Crippen LogP contribution in [0, 0.1) is 17.2 Å². The summed E-state index contributed by atoms with van der Waals surface area (Å²) >= 11 is 0. The van der Waals surface area contributed by atoms with E-state index in [1.165, 1.54) is 18.5 Å². The van der Waals surface area contributed by atoms with Crippen LogP contribution in [0.25, 0.3) is 0 Å². The summed E-state index contributed by atoms with van der Waals surface area (Å²) in [5, 5.41) is 8.92. The Bertz CT molecular complexity index is 775. The van der Waals surface area contributed by atoms with Crippen molar-refractivity contribution in [2.24, 2.45) is 5.92 Å². The largest absolute Gasteiger partial charge is 0.477 e. The minimum atomic E-state index is 0.508. The second-order valence-electron chi connectivity index (χ2n) is 6.81. The zero-order chi connectivity index (χ0) is 17.1. The summed E-state index contributed by atoms with van der Waals surface area (Å²) < 4.78 is 5.78. The summed E-state index contributed by atoms with van der Waals surface area (Å²) in [7, 11) is 0. The van der Waals surface area contributed by atoms with Gasteiger partial charge in [0, 0.05) is 43.0 Å². The second-order valence-corrected chi connectivity index (χ2v) is 6.81. The van der Waals surface area contributed by atoms with Gasteiger partial charge in [-0.1, -0.05) is 0 Å². The van der Waals surface area contributed by atoms with Crippen LogP contribution in [0.5, 0.6) is 5.88 Å². The van der Waals surface area contributed by atoms with Gasteiger partial charge in [0.25, 0.3) is 0 Å². The monoisotopic (exact) mass is 335 g/mol.